The van der Waals surface area contributed by atoms with Gasteiger partial charge in [0.2, 0.25) is 0 Å². The number of halogens is 1. The predicted octanol–water partition coefficient (Wildman–Crippen LogP) is 2.33. The lowest BCUT2D eigenvalue weighted by Crippen LogP contribution is -2.18. The molecule has 0 amide bonds. The van der Waals surface area contributed by atoms with Crippen molar-refractivity contribution in [3.63, 3.8) is 0 Å². The molecule has 1 aromatic rings. The summed E-state index contributed by atoms with van der Waals surface area (Å²) in [4.78, 5) is 0. The Kier molecular flexibility index (Phi) is 2.20. The van der Waals surface area contributed by atoms with Gasteiger partial charge in [-0.25, -0.2) is 4.68 Å². The third kappa shape index (κ3) is 1.75. The first-order valence-electron chi connectivity index (χ1n) is 5.69. The highest BCUT2D eigenvalue weighted by atomic mass is 35.5. The van der Waals surface area contributed by atoms with E-state index in [9.17, 15) is 0 Å². The Morgan fingerprint density at radius 3 is 2.33 bits per heavy atom. The second-order valence-corrected chi connectivity index (χ2v) is 5.42. The smallest absolute Gasteiger partial charge is 0.169 e. The second kappa shape index (κ2) is 3.44. The molecule has 4 nitrogen and oxygen atoms in total. The number of nitrogens with zero attached hydrogens (tertiary/aromatic N) is 4. The molecule has 0 radical (unpaired) electrons. The molecule has 0 aromatic carbocycles. The third-order valence-electron chi connectivity index (χ3n) is 3.37. The van der Waals surface area contributed by atoms with Gasteiger partial charge in [0.05, 0.1) is 11.4 Å². The Bertz CT molecular complexity index is 342. The molecule has 82 valence electrons. The fourth-order valence-electron chi connectivity index (χ4n) is 2.33. The van der Waals surface area contributed by atoms with Crippen molar-refractivity contribution in [3.05, 3.63) is 5.82 Å². The first kappa shape index (κ1) is 9.58. The van der Waals surface area contributed by atoms with E-state index in [1.165, 1.54) is 25.7 Å². The topological polar surface area (TPSA) is 43.6 Å². The van der Waals surface area contributed by atoms with Gasteiger partial charge in [-0.15, -0.1) is 16.7 Å². The van der Waals surface area contributed by atoms with Gasteiger partial charge in [0.15, 0.2) is 5.82 Å². The number of aromatic nitrogens is 4. The van der Waals surface area contributed by atoms with E-state index in [2.05, 4.69) is 15.5 Å². The van der Waals surface area contributed by atoms with E-state index in [-0.39, 0.29) is 5.38 Å². The van der Waals surface area contributed by atoms with Crippen LogP contribution in [0.15, 0.2) is 0 Å². The van der Waals surface area contributed by atoms with Crippen LogP contribution in [-0.2, 0) is 0 Å². The first-order valence-corrected chi connectivity index (χ1v) is 6.13. The molecule has 0 spiro atoms. The summed E-state index contributed by atoms with van der Waals surface area (Å²) in [6, 6.07) is 0.524. The maximum atomic E-state index is 6.08. The van der Waals surface area contributed by atoms with Crippen LogP contribution in [0.5, 0.6) is 0 Å². The zero-order valence-electron chi connectivity index (χ0n) is 8.80. The quantitative estimate of drug-likeness (QED) is 0.741. The van der Waals surface area contributed by atoms with Gasteiger partial charge in [-0.1, -0.05) is 0 Å². The van der Waals surface area contributed by atoms with Crippen LogP contribution < -0.4 is 0 Å². The summed E-state index contributed by atoms with van der Waals surface area (Å²) in [6.07, 6.45) is 5.32. The molecule has 0 bridgehead atoms. The zero-order valence-corrected chi connectivity index (χ0v) is 9.56. The minimum Gasteiger partial charge on any atom is -0.224 e. The molecule has 1 heterocycles. The molecule has 1 unspecified atom stereocenters. The van der Waals surface area contributed by atoms with Crippen LogP contribution in [-0.4, -0.2) is 20.2 Å². The Morgan fingerprint density at radius 2 is 1.87 bits per heavy atom. The molecule has 2 fully saturated rings. The molecular weight excluding hydrogens is 212 g/mol. The van der Waals surface area contributed by atoms with Crippen LogP contribution >= 0.6 is 11.6 Å². The van der Waals surface area contributed by atoms with Crippen molar-refractivity contribution in [2.45, 2.75) is 44.0 Å². The Hall–Kier alpha value is -0.640. The number of hydrogen-bond acceptors (Lipinski definition) is 3. The molecule has 2 aliphatic rings. The van der Waals surface area contributed by atoms with Crippen molar-refractivity contribution in [1.82, 2.24) is 20.2 Å². The standard InChI is InChI=1S/C10H15ClN4/c1-6(11)10-12-13-14-15(10)9(7-2-3-7)8-4-5-8/h6-9H,2-5H2,1H3. The summed E-state index contributed by atoms with van der Waals surface area (Å²) in [5.74, 6) is 2.44. The number of rotatable bonds is 4. The average Bonchev–Trinajstić information content (AvgIpc) is 3.07. The monoisotopic (exact) mass is 226 g/mol. The first-order chi connectivity index (χ1) is 7.27. The highest BCUT2D eigenvalue weighted by Crippen LogP contribution is 2.52. The average molecular weight is 227 g/mol. The molecule has 3 rings (SSSR count). The van der Waals surface area contributed by atoms with E-state index in [1.54, 1.807) is 0 Å². The number of tetrazole rings is 1. The van der Waals surface area contributed by atoms with Crippen molar-refractivity contribution >= 4 is 11.6 Å². The van der Waals surface area contributed by atoms with Crippen LogP contribution in [0.1, 0.15) is 49.9 Å². The highest BCUT2D eigenvalue weighted by molar-refractivity contribution is 6.20. The summed E-state index contributed by atoms with van der Waals surface area (Å²) in [5.41, 5.74) is 0. The summed E-state index contributed by atoms with van der Waals surface area (Å²) in [6.45, 7) is 1.93. The van der Waals surface area contributed by atoms with Gasteiger partial charge < -0.3 is 0 Å². The lowest BCUT2D eigenvalue weighted by atomic mass is 10.1. The van der Waals surface area contributed by atoms with Crippen molar-refractivity contribution in [1.29, 1.82) is 0 Å². The summed E-state index contributed by atoms with van der Waals surface area (Å²) in [5, 5.41) is 11.8. The maximum absolute atomic E-state index is 6.08. The van der Waals surface area contributed by atoms with Crippen molar-refractivity contribution < 1.29 is 0 Å². The van der Waals surface area contributed by atoms with Crippen molar-refractivity contribution in [2.75, 3.05) is 0 Å². The maximum Gasteiger partial charge on any atom is 0.169 e. The van der Waals surface area contributed by atoms with Gasteiger partial charge >= 0.3 is 0 Å². The lowest BCUT2D eigenvalue weighted by molar-refractivity contribution is 0.343. The SMILES string of the molecule is CC(Cl)c1nnnn1C(C1CC1)C1CC1. The van der Waals surface area contributed by atoms with E-state index in [1.807, 2.05) is 11.6 Å². The summed E-state index contributed by atoms with van der Waals surface area (Å²) >= 11 is 6.08. The van der Waals surface area contributed by atoms with Crippen molar-refractivity contribution in [2.24, 2.45) is 11.8 Å². The van der Waals surface area contributed by atoms with Crippen LogP contribution in [0.2, 0.25) is 0 Å². The molecule has 0 N–H and O–H groups in total. The molecule has 2 saturated carbocycles. The molecule has 1 aromatic heterocycles. The van der Waals surface area contributed by atoms with Crippen molar-refractivity contribution in [3.8, 4) is 0 Å². The van der Waals surface area contributed by atoms with Gasteiger partial charge in [-0.2, -0.15) is 0 Å². The van der Waals surface area contributed by atoms with Gasteiger partial charge in [-0.05, 0) is 54.9 Å². The Labute approximate surface area is 94.0 Å². The molecule has 1 atom stereocenters. The van der Waals surface area contributed by atoms with Gasteiger partial charge in [0.25, 0.3) is 0 Å². The van der Waals surface area contributed by atoms with Gasteiger partial charge in [-0.3, -0.25) is 0 Å². The minimum atomic E-state index is -0.0972. The van der Waals surface area contributed by atoms with E-state index < -0.39 is 0 Å². The molecular formula is C10H15ClN4. The summed E-state index contributed by atoms with van der Waals surface area (Å²) in [7, 11) is 0. The van der Waals surface area contributed by atoms with E-state index in [0.29, 0.717) is 6.04 Å². The van der Waals surface area contributed by atoms with Crippen LogP contribution in [0.3, 0.4) is 0 Å². The molecule has 2 aliphatic carbocycles. The van der Waals surface area contributed by atoms with E-state index in [4.69, 9.17) is 11.6 Å². The molecule has 5 heteroatoms. The molecule has 0 saturated heterocycles. The fourth-order valence-corrected chi connectivity index (χ4v) is 2.48. The zero-order chi connectivity index (χ0) is 10.4. The van der Waals surface area contributed by atoms with Gasteiger partial charge in [0.1, 0.15) is 0 Å². The lowest BCUT2D eigenvalue weighted by Gasteiger charge is -2.17. The fraction of sp³-hybridized carbons (Fsp3) is 0.900. The molecule has 0 aliphatic heterocycles. The predicted molar refractivity (Wildman–Crippen MR) is 56.6 cm³/mol. The highest BCUT2D eigenvalue weighted by Gasteiger charge is 2.44. The Balaban J connectivity index is 1.91. The normalized spacial score (nSPS) is 23.4. The van der Waals surface area contributed by atoms with E-state index >= 15 is 0 Å². The Morgan fingerprint density at radius 1 is 1.27 bits per heavy atom. The van der Waals surface area contributed by atoms with Crippen LogP contribution in [0, 0.1) is 11.8 Å². The van der Waals surface area contributed by atoms with Crippen LogP contribution in [0.25, 0.3) is 0 Å². The number of alkyl halides is 1. The second-order valence-electron chi connectivity index (χ2n) is 4.76. The van der Waals surface area contributed by atoms with Crippen LogP contribution in [0.4, 0.5) is 0 Å². The number of hydrogen-bond donors (Lipinski definition) is 0. The minimum absolute atomic E-state index is 0.0972. The largest absolute Gasteiger partial charge is 0.224 e. The van der Waals surface area contributed by atoms with E-state index in [0.717, 1.165) is 17.7 Å². The summed E-state index contributed by atoms with van der Waals surface area (Å²) < 4.78 is 1.99. The third-order valence-corrected chi connectivity index (χ3v) is 3.56. The molecule has 15 heavy (non-hydrogen) atoms. The van der Waals surface area contributed by atoms with Gasteiger partial charge in [0, 0.05) is 0 Å².